The first-order valence-electron chi connectivity index (χ1n) is 6.86. The van der Waals surface area contributed by atoms with E-state index < -0.39 is 0 Å². The summed E-state index contributed by atoms with van der Waals surface area (Å²) in [7, 11) is 0. The van der Waals surface area contributed by atoms with E-state index in [4.69, 9.17) is 14.7 Å². The Kier molecular flexibility index (Phi) is 5.09. The van der Waals surface area contributed by atoms with Crippen LogP contribution in [-0.2, 0) is 14.3 Å². The van der Waals surface area contributed by atoms with E-state index in [0.717, 1.165) is 11.1 Å². The summed E-state index contributed by atoms with van der Waals surface area (Å²) in [5, 5.41) is 11.8. The van der Waals surface area contributed by atoms with Gasteiger partial charge in [-0.2, -0.15) is 5.26 Å². The summed E-state index contributed by atoms with van der Waals surface area (Å²) in [6.45, 7) is 4.90. The van der Waals surface area contributed by atoms with Crippen molar-refractivity contribution in [1.29, 1.82) is 5.26 Å². The second-order valence-electron chi connectivity index (χ2n) is 5.04. The van der Waals surface area contributed by atoms with Crippen LogP contribution in [0.2, 0.25) is 0 Å². The van der Waals surface area contributed by atoms with E-state index in [9.17, 15) is 4.79 Å². The molecule has 0 bridgehead atoms. The molecule has 1 aromatic carbocycles. The van der Waals surface area contributed by atoms with Gasteiger partial charge >= 0.3 is 0 Å². The van der Waals surface area contributed by atoms with Crippen molar-refractivity contribution >= 4 is 12.0 Å². The highest BCUT2D eigenvalue weighted by molar-refractivity contribution is 6.01. The van der Waals surface area contributed by atoms with E-state index in [2.05, 4.69) is 5.32 Å². The number of hydrogen-bond acceptors (Lipinski definition) is 4. The van der Waals surface area contributed by atoms with Crippen molar-refractivity contribution in [3.63, 3.8) is 0 Å². The number of amides is 1. The number of nitrogens with one attached hydrogen (secondary N) is 1. The number of hydrogen-bond donors (Lipinski definition) is 1. The van der Waals surface area contributed by atoms with Gasteiger partial charge in [-0.1, -0.05) is 24.3 Å². The summed E-state index contributed by atoms with van der Waals surface area (Å²) >= 11 is 0. The van der Waals surface area contributed by atoms with Gasteiger partial charge in [0, 0.05) is 11.6 Å². The van der Waals surface area contributed by atoms with Crippen LogP contribution in [0.5, 0.6) is 0 Å². The summed E-state index contributed by atoms with van der Waals surface area (Å²) in [6, 6.07) is 9.33. The third kappa shape index (κ3) is 4.15. The van der Waals surface area contributed by atoms with Gasteiger partial charge in [-0.15, -0.1) is 0 Å². The fraction of sp³-hybridized carbons (Fsp3) is 0.375. The van der Waals surface area contributed by atoms with Gasteiger partial charge in [0.1, 0.15) is 11.6 Å². The Morgan fingerprint density at radius 1 is 1.33 bits per heavy atom. The number of rotatable bonds is 4. The van der Waals surface area contributed by atoms with Crippen LogP contribution in [0.4, 0.5) is 0 Å². The zero-order valence-corrected chi connectivity index (χ0v) is 12.1. The highest BCUT2D eigenvalue weighted by atomic mass is 16.7. The average Bonchev–Trinajstić information content (AvgIpc) is 2.98. The van der Waals surface area contributed by atoms with Gasteiger partial charge in [0.15, 0.2) is 6.29 Å². The largest absolute Gasteiger partial charge is 0.349 e. The summed E-state index contributed by atoms with van der Waals surface area (Å²) in [4.78, 5) is 11.8. The summed E-state index contributed by atoms with van der Waals surface area (Å²) in [5.41, 5.74) is 1.80. The Morgan fingerprint density at radius 2 is 1.95 bits per heavy atom. The van der Waals surface area contributed by atoms with Gasteiger partial charge in [0.2, 0.25) is 0 Å². The monoisotopic (exact) mass is 286 g/mol. The highest BCUT2D eigenvalue weighted by Crippen LogP contribution is 2.23. The van der Waals surface area contributed by atoms with Gasteiger partial charge in [-0.25, -0.2) is 0 Å². The molecule has 1 fully saturated rings. The van der Waals surface area contributed by atoms with Crippen LogP contribution in [0.3, 0.4) is 0 Å². The molecule has 1 aromatic rings. The Labute approximate surface area is 124 Å². The second kappa shape index (κ2) is 7.02. The summed E-state index contributed by atoms with van der Waals surface area (Å²) < 4.78 is 10.8. The molecule has 0 atom stereocenters. The lowest BCUT2D eigenvalue weighted by Gasteiger charge is -2.09. The highest BCUT2D eigenvalue weighted by Gasteiger charge is 2.17. The molecule has 1 amide bonds. The van der Waals surface area contributed by atoms with Crippen molar-refractivity contribution in [3.05, 3.63) is 41.0 Å². The molecule has 1 aliphatic rings. The molecule has 2 rings (SSSR count). The Morgan fingerprint density at radius 3 is 2.48 bits per heavy atom. The molecule has 0 aromatic heterocycles. The van der Waals surface area contributed by atoms with Crippen LogP contribution in [0.25, 0.3) is 6.08 Å². The minimum absolute atomic E-state index is 0.00621. The standard InChI is InChI=1S/C16H18N2O3/c1-11(2)18-15(19)14(10-17)9-12-3-5-13(6-4-12)16-20-7-8-21-16/h3-6,9,11,16H,7-8H2,1-2H3,(H,18,19). The average molecular weight is 286 g/mol. The Hall–Kier alpha value is -2.16. The Balaban J connectivity index is 2.11. The lowest BCUT2D eigenvalue weighted by Crippen LogP contribution is -2.30. The molecule has 0 saturated carbocycles. The first-order chi connectivity index (χ1) is 10.1. The molecule has 1 N–H and O–H groups in total. The lowest BCUT2D eigenvalue weighted by atomic mass is 10.1. The van der Waals surface area contributed by atoms with E-state index in [-0.39, 0.29) is 23.8 Å². The number of carbonyl (C=O) groups is 1. The molecule has 5 nitrogen and oxygen atoms in total. The van der Waals surface area contributed by atoms with Crippen LogP contribution < -0.4 is 5.32 Å². The maximum atomic E-state index is 11.8. The molecule has 1 heterocycles. The number of carbonyl (C=O) groups excluding carboxylic acids is 1. The third-order valence-corrected chi connectivity index (χ3v) is 2.93. The summed E-state index contributed by atoms with van der Waals surface area (Å²) in [6.07, 6.45) is 1.25. The predicted octanol–water partition coefficient (Wildman–Crippen LogP) is 2.16. The van der Waals surface area contributed by atoms with Crippen LogP contribution >= 0.6 is 0 Å². The topological polar surface area (TPSA) is 71.4 Å². The SMILES string of the molecule is CC(C)NC(=O)C(C#N)=Cc1ccc(C2OCCO2)cc1. The smallest absolute Gasteiger partial charge is 0.262 e. The third-order valence-electron chi connectivity index (χ3n) is 2.93. The maximum Gasteiger partial charge on any atom is 0.262 e. The minimum Gasteiger partial charge on any atom is -0.349 e. The molecule has 21 heavy (non-hydrogen) atoms. The van der Waals surface area contributed by atoms with Crippen LogP contribution in [0.1, 0.15) is 31.3 Å². The summed E-state index contributed by atoms with van der Waals surface area (Å²) in [5.74, 6) is -0.362. The predicted molar refractivity (Wildman–Crippen MR) is 78.0 cm³/mol. The zero-order chi connectivity index (χ0) is 15.2. The minimum atomic E-state index is -0.362. The molecule has 110 valence electrons. The fourth-order valence-electron chi connectivity index (χ4n) is 1.96. The van der Waals surface area contributed by atoms with E-state index >= 15 is 0 Å². The Bertz CT molecular complexity index is 564. The molecular weight excluding hydrogens is 268 g/mol. The van der Waals surface area contributed by atoms with Crippen molar-refractivity contribution in [2.45, 2.75) is 26.2 Å². The van der Waals surface area contributed by atoms with Crippen molar-refractivity contribution in [3.8, 4) is 6.07 Å². The van der Waals surface area contributed by atoms with E-state index in [1.54, 1.807) is 6.08 Å². The molecule has 0 radical (unpaired) electrons. The lowest BCUT2D eigenvalue weighted by molar-refractivity contribution is -0.117. The van der Waals surface area contributed by atoms with Gasteiger partial charge in [0.25, 0.3) is 5.91 Å². The van der Waals surface area contributed by atoms with Crippen molar-refractivity contribution in [2.24, 2.45) is 0 Å². The molecule has 0 spiro atoms. The zero-order valence-electron chi connectivity index (χ0n) is 12.1. The second-order valence-corrected chi connectivity index (χ2v) is 5.04. The van der Waals surface area contributed by atoms with Crippen LogP contribution in [-0.4, -0.2) is 25.2 Å². The van der Waals surface area contributed by atoms with Gasteiger partial charge in [0.05, 0.1) is 13.2 Å². The van der Waals surface area contributed by atoms with E-state index in [0.29, 0.717) is 13.2 Å². The molecule has 1 aliphatic heterocycles. The molecule has 0 unspecified atom stereocenters. The number of ether oxygens (including phenoxy) is 2. The van der Waals surface area contributed by atoms with Crippen LogP contribution in [0.15, 0.2) is 29.8 Å². The first-order valence-corrected chi connectivity index (χ1v) is 6.86. The van der Waals surface area contributed by atoms with Gasteiger partial charge in [-0.3, -0.25) is 4.79 Å². The number of nitriles is 1. The molecule has 1 saturated heterocycles. The molecule has 0 aliphatic carbocycles. The van der Waals surface area contributed by atoms with Crippen molar-refractivity contribution < 1.29 is 14.3 Å². The van der Waals surface area contributed by atoms with Crippen molar-refractivity contribution in [1.82, 2.24) is 5.32 Å². The van der Waals surface area contributed by atoms with E-state index in [1.807, 2.05) is 44.2 Å². The number of nitrogens with zero attached hydrogens (tertiary/aromatic N) is 1. The van der Waals surface area contributed by atoms with Gasteiger partial charge < -0.3 is 14.8 Å². The number of benzene rings is 1. The van der Waals surface area contributed by atoms with Gasteiger partial charge in [-0.05, 0) is 25.5 Å². The maximum absolute atomic E-state index is 11.8. The first kappa shape index (κ1) is 15.2. The quantitative estimate of drug-likeness (QED) is 0.680. The molecule has 5 heteroatoms. The van der Waals surface area contributed by atoms with Crippen LogP contribution in [0, 0.1) is 11.3 Å². The fourth-order valence-corrected chi connectivity index (χ4v) is 1.96. The van der Waals surface area contributed by atoms with Crippen molar-refractivity contribution in [2.75, 3.05) is 13.2 Å². The normalized spacial score (nSPS) is 16.0. The molecular formula is C16H18N2O3. The van der Waals surface area contributed by atoms with E-state index in [1.165, 1.54) is 0 Å².